The maximum absolute atomic E-state index is 0. The molecule has 0 saturated carbocycles. The van der Waals surface area contributed by atoms with Crippen molar-refractivity contribution in [2.45, 2.75) is 0 Å². The molecule has 0 saturated heterocycles. The van der Waals surface area contributed by atoms with Gasteiger partial charge in [0, 0.05) is 92.2 Å². The van der Waals surface area contributed by atoms with Crippen LogP contribution >= 0.6 is 0 Å². The van der Waals surface area contributed by atoms with Crippen LogP contribution in [0.15, 0.2) is 0 Å². The summed E-state index contributed by atoms with van der Waals surface area (Å²) >= 11 is 0. The summed E-state index contributed by atoms with van der Waals surface area (Å²) in [7, 11) is 0. The second kappa shape index (κ2) is 28.7. The molecule has 0 aromatic heterocycles. The van der Waals surface area contributed by atoms with Crippen molar-refractivity contribution in [3.8, 4) is 0 Å². The van der Waals surface area contributed by atoms with Gasteiger partial charge in [0.25, 0.3) is 0 Å². The molecule has 5 heavy (non-hydrogen) atoms. The van der Waals surface area contributed by atoms with Crippen LogP contribution in [0, 0.1) is 0 Å². The minimum Gasteiger partial charge on any atom is 0 e. The Balaban J connectivity index is 0. The van der Waals surface area contributed by atoms with Crippen molar-refractivity contribution >= 4 is 23.9 Å². The molecule has 4 radical (unpaired) electrons. The molecule has 0 unspecified atom stereocenters. The van der Waals surface area contributed by atoms with Gasteiger partial charge in [-0.2, -0.15) is 0 Å². The fourth-order valence-electron chi connectivity index (χ4n) is 0. The summed E-state index contributed by atoms with van der Waals surface area (Å²) in [5.74, 6) is 0. The van der Waals surface area contributed by atoms with Crippen LogP contribution in [0.2, 0.25) is 0 Å². The van der Waals surface area contributed by atoms with E-state index in [0.717, 1.165) is 0 Å². The summed E-state index contributed by atoms with van der Waals surface area (Å²) in [5.41, 5.74) is 0. The zero-order chi connectivity index (χ0) is 0. The van der Waals surface area contributed by atoms with Crippen molar-refractivity contribution < 1.29 is 68.3 Å². The van der Waals surface area contributed by atoms with Gasteiger partial charge >= 0.3 is 0 Å². The van der Waals surface area contributed by atoms with E-state index >= 15 is 0 Å². The summed E-state index contributed by atoms with van der Waals surface area (Å²) in [4.78, 5) is 0. The van der Waals surface area contributed by atoms with Gasteiger partial charge in [-0.15, -0.1) is 0 Å². The minimum absolute atomic E-state index is 0. The van der Waals surface area contributed by atoms with Crippen LogP contribution in [-0.2, 0) is 68.3 Å². The molecule has 0 amide bonds. The molecule has 36 valence electrons. The van der Waals surface area contributed by atoms with Crippen LogP contribution in [0.4, 0.5) is 0 Å². The predicted octanol–water partition coefficient (Wildman–Crippen LogP) is -0.391. The molecule has 0 aliphatic carbocycles. The molecule has 0 aromatic carbocycles. The molecule has 0 rings (SSSR count). The molecule has 0 aliphatic heterocycles. The maximum atomic E-state index is 0. The van der Waals surface area contributed by atoms with Gasteiger partial charge in [-0.25, -0.2) is 0 Å². The van der Waals surface area contributed by atoms with Gasteiger partial charge in [0.05, 0.1) is 0 Å². The fraction of sp³-hybridized carbons (Fsp3) is 0. The van der Waals surface area contributed by atoms with E-state index in [-0.39, 0.29) is 92.2 Å². The van der Waals surface area contributed by atoms with Crippen molar-refractivity contribution in [1.82, 2.24) is 0 Å². The molecular weight excluding hydrogens is 342 g/mol. The molecule has 0 aliphatic rings. The number of hydrogen-bond donors (Lipinski definition) is 0. The first-order valence-electron chi connectivity index (χ1n) is 0. The average molecular weight is 342 g/mol. The zero-order valence-corrected chi connectivity index (χ0v) is 9.19. The van der Waals surface area contributed by atoms with Gasteiger partial charge < -0.3 is 0 Å². The van der Waals surface area contributed by atoms with Crippen molar-refractivity contribution in [3.05, 3.63) is 0 Å². The Hall–Kier alpha value is 2.88. The second-order valence-corrected chi connectivity index (χ2v) is 0. The van der Waals surface area contributed by atoms with E-state index < -0.39 is 0 Å². The first-order chi connectivity index (χ1) is 0. The van der Waals surface area contributed by atoms with Crippen LogP contribution in [-0.4, -0.2) is 23.9 Å². The smallest absolute Gasteiger partial charge is 0 e. The first kappa shape index (κ1) is 45.0. The Kier molecular flexibility index (Phi) is 258. The Labute approximate surface area is 90.8 Å². The normalized spacial score (nSPS) is 0. The van der Waals surface area contributed by atoms with Crippen LogP contribution in [0.1, 0.15) is 0 Å². The Morgan fingerprint density at radius 3 is 0.400 bits per heavy atom. The quantitative estimate of drug-likeness (QED) is 0.526. The van der Waals surface area contributed by atoms with Gasteiger partial charge in [-0.1, -0.05) is 0 Å². The van der Waals surface area contributed by atoms with Gasteiger partial charge in [0.1, 0.15) is 0 Å². The average Bonchev–Trinajstić information content (AvgIpc) is 0. The van der Waals surface area contributed by atoms with E-state index in [1.54, 1.807) is 0 Å². The van der Waals surface area contributed by atoms with Crippen LogP contribution in [0.25, 0.3) is 0 Å². The third kappa shape index (κ3) is 19.8. The molecule has 5 heteroatoms. The van der Waals surface area contributed by atoms with Gasteiger partial charge in [0.2, 0.25) is 0 Å². The molecule has 0 fully saturated rings. The Morgan fingerprint density at radius 1 is 0.400 bits per heavy atom. The summed E-state index contributed by atoms with van der Waals surface area (Å²) < 4.78 is 0. The Bertz CT molecular complexity index is 3.61. The minimum atomic E-state index is 0. The van der Waals surface area contributed by atoms with Gasteiger partial charge in [0.15, 0.2) is 0 Å². The molecule has 0 N–H and O–H groups in total. The summed E-state index contributed by atoms with van der Waals surface area (Å²) in [6.45, 7) is 0. The van der Waals surface area contributed by atoms with Crippen molar-refractivity contribution in [2.24, 2.45) is 0 Å². The number of rotatable bonds is 0. The molecule has 0 nitrogen and oxygen atoms in total. The first-order valence-corrected chi connectivity index (χ1v) is 0. The SMILES string of the molecule is [Fe].[Fe].[Fe].[Fe].[Sn]. The number of hydrogen-bond acceptors (Lipinski definition) is 0. The largest absolute Gasteiger partial charge is 0 e. The third-order valence-electron chi connectivity index (χ3n) is 0. The van der Waals surface area contributed by atoms with Crippen LogP contribution in [0.5, 0.6) is 0 Å². The van der Waals surface area contributed by atoms with Crippen LogP contribution < -0.4 is 0 Å². The van der Waals surface area contributed by atoms with Crippen molar-refractivity contribution in [2.75, 3.05) is 0 Å². The van der Waals surface area contributed by atoms with Gasteiger partial charge in [-0.3, -0.25) is 0 Å². The van der Waals surface area contributed by atoms with E-state index in [1.165, 1.54) is 0 Å². The topological polar surface area (TPSA) is 0 Å². The maximum Gasteiger partial charge on any atom is 0 e. The third-order valence-corrected chi connectivity index (χ3v) is 0. The standard InChI is InChI=1S/4Fe.Sn. The summed E-state index contributed by atoms with van der Waals surface area (Å²) in [6, 6.07) is 0. The Morgan fingerprint density at radius 2 is 0.400 bits per heavy atom. The van der Waals surface area contributed by atoms with E-state index in [9.17, 15) is 0 Å². The van der Waals surface area contributed by atoms with Gasteiger partial charge in [-0.05, 0) is 0 Å². The molecule has 0 atom stereocenters. The van der Waals surface area contributed by atoms with E-state index in [4.69, 9.17) is 0 Å². The van der Waals surface area contributed by atoms with E-state index in [2.05, 4.69) is 0 Å². The van der Waals surface area contributed by atoms with Crippen molar-refractivity contribution in [3.63, 3.8) is 0 Å². The van der Waals surface area contributed by atoms with Crippen molar-refractivity contribution in [1.29, 1.82) is 0 Å². The molecule has 0 heterocycles. The molecular formula is Fe4Sn. The fourth-order valence-corrected chi connectivity index (χ4v) is 0. The van der Waals surface area contributed by atoms with Crippen LogP contribution in [0.3, 0.4) is 0 Å². The molecule has 0 bridgehead atoms. The molecule has 0 spiro atoms. The monoisotopic (exact) mass is 344 g/mol. The predicted molar refractivity (Wildman–Crippen MR) is 5.75 cm³/mol. The van der Waals surface area contributed by atoms with E-state index in [0.29, 0.717) is 0 Å². The second-order valence-electron chi connectivity index (χ2n) is 0. The van der Waals surface area contributed by atoms with E-state index in [1.807, 2.05) is 0 Å². The summed E-state index contributed by atoms with van der Waals surface area (Å²) in [5, 5.41) is 0. The zero-order valence-electron chi connectivity index (χ0n) is 1.91. The molecule has 0 aromatic rings. The summed E-state index contributed by atoms with van der Waals surface area (Å²) in [6.07, 6.45) is 0.